The van der Waals surface area contributed by atoms with Crippen molar-refractivity contribution in [3.8, 4) is 0 Å². The molecule has 18 heavy (non-hydrogen) atoms. The Morgan fingerprint density at radius 2 is 2.28 bits per heavy atom. The summed E-state index contributed by atoms with van der Waals surface area (Å²) >= 11 is 0. The summed E-state index contributed by atoms with van der Waals surface area (Å²) in [6.07, 6.45) is 0. The lowest BCUT2D eigenvalue weighted by atomic mass is 9.99. The van der Waals surface area contributed by atoms with E-state index in [2.05, 4.69) is 24.3 Å². The molecule has 2 rings (SSSR count). The largest absolute Gasteiger partial charge is 0.330 e. The predicted octanol–water partition coefficient (Wildman–Crippen LogP) is 1.04. The Kier molecular flexibility index (Phi) is 3.43. The third kappa shape index (κ3) is 2.27. The van der Waals surface area contributed by atoms with Gasteiger partial charge in [0, 0.05) is 26.2 Å². The smallest absolute Gasteiger partial charge is 0.272 e. The topological polar surface area (TPSA) is 50.2 Å². The minimum absolute atomic E-state index is 0.0870. The number of piperazine rings is 1. The van der Waals surface area contributed by atoms with Crippen LogP contribution < -0.4 is 5.32 Å². The first kappa shape index (κ1) is 13.1. The van der Waals surface area contributed by atoms with Gasteiger partial charge in [0.1, 0.15) is 5.69 Å². The number of aromatic nitrogens is 2. The van der Waals surface area contributed by atoms with E-state index in [-0.39, 0.29) is 11.4 Å². The quantitative estimate of drug-likeness (QED) is 0.853. The van der Waals surface area contributed by atoms with Crippen molar-refractivity contribution in [2.24, 2.45) is 0 Å². The number of amides is 1. The van der Waals surface area contributed by atoms with Crippen molar-refractivity contribution in [2.45, 2.75) is 39.8 Å². The summed E-state index contributed by atoms with van der Waals surface area (Å²) in [4.78, 5) is 14.6. The van der Waals surface area contributed by atoms with Crippen LogP contribution in [0, 0.1) is 6.92 Å². The molecule has 0 unspecified atom stereocenters. The van der Waals surface area contributed by atoms with Gasteiger partial charge < -0.3 is 10.2 Å². The SMILES string of the molecule is CCn1nc(C)cc1C(=O)N1CCNCC1(C)C. The van der Waals surface area contributed by atoms with Gasteiger partial charge in [-0.05, 0) is 33.8 Å². The molecule has 5 nitrogen and oxygen atoms in total. The molecule has 1 aliphatic rings. The normalized spacial score (nSPS) is 19.0. The van der Waals surface area contributed by atoms with Crippen LogP contribution in [0.1, 0.15) is 37.0 Å². The fourth-order valence-electron chi connectivity index (χ4n) is 2.46. The van der Waals surface area contributed by atoms with Gasteiger partial charge in [-0.15, -0.1) is 0 Å². The maximum atomic E-state index is 12.6. The molecule has 0 aliphatic carbocycles. The Hall–Kier alpha value is -1.36. The van der Waals surface area contributed by atoms with Gasteiger partial charge in [-0.25, -0.2) is 0 Å². The fourth-order valence-corrected chi connectivity index (χ4v) is 2.46. The van der Waals surface area contributed by atoms with Gasteiger partial charge in [-0.3, -0.25) is 9.48 Å². The molecule has 0 spiro atoms. The first-order valence-corrected chi connectivity index (χ1v) is 6.53. The van der Waals surface area contributed by atoms with Crippen LogP contribution in [0.2, 0.25) is 0 Å². The molecule has 0 atom stereocenters. The van der Waals surface area contributed by atoms with E-state index >= 15 is 0 Å². The van der Waals surface area contributed by atoms with E-state index < -0.39 is 0 Å². The average molecular weight is 250 g/mol. The highest BCUT2D eigenvalue weighted by Gasteiger charge is 2.34. The van der Waals surface area contributed by atoms with Crippen LogP contribution in [0.4, 0.5) is 0 Å². The molecular weight excluding hydrogens is 228 g/mol. The van der Waals surface area contributed by atoms with E-state index in [0.717, 1.165) is 31.9 Å². The van der Waals surface area contributed by atoms with Crippen molar-refractivity contribution in [1.29, 1.82) is 0 Å². The number of nitrogens with zero attached hydrogens (tertiary/aromatic N) is 3. The number of nitrogens with one attached hydrogen (secondary N) is 1. The van der Waals surface area contributed by atoms with E-state index in [9.17, 15) is 4.79 Å². The molecular formula is C13H22N4O. The first-order chi connectivity index (χ1) is 8.45. The van der Waals surface area contributed by atoms with Crippen molar-refractivity contribution in [3.63, 3.8) is 0 Å². The second-order valence-electron chi connectivity index (χ2n) is 5.43. The van der Waals surface area contributed by atoms with Crippen LogP contribution in [0.15, 0.2) is 6.07 Å². The zero-order chi connectivity index (χ0) is 13.3. The Bertz CT molecular complexity index is 450. The summed E-state index contributed by atoms with van der Waals surface area (Å²) in [5.41, 5.74) is 1.45. The van der Waals surface area contributed by atoms with Crippen LogP contribution in [0.3, 0.4) is 0 Å². The number of carbonyl (C=O) groups excluding carboxylic acids is 1. The van der Waals surface area contributed by atoms with Crippen LogP contribution in [-0.2, 0) is 6.54 Å². The predicted molar refractivity (Wildman–Crippen MR) is 70.6 cm³/mol. The van der Waals surface area contributed by atoms with E-state index in [4.69, 9.17) is 0 Å². The maximum absolute atomic E-state index is 12.6. The number of hydrogen-bond acceptors (Lipinski definition) is 3. The molecule has 0 aromatic carbocycles. The Labute approximate surface area is 108 Å². The Balaban J connectivity index is 2.29. The summed E-state index contributed by atoms with van der Waals surface area (Å²) in [5, 5.41) is 7.68. The molecule has 0 radical (unpaired) electrons. The van der Waals surface area contributed by atoms with Gasteiger partial charge in [-0.2, -0.15) is 5.10 Å². The Morgan fingerprint density at radius 3 is 2.89 bits per heavy atom. The lowest BCUT2D eigenvalue weighted by molar-refractivity contribution is 0.0465. The molecule has 0 bridgehead atoms. The van der Waals surface area contributed by atoms with Crippen molar-refractivity contribution < 1.29 is 4.79 Å². The van der Waals surface area contributed by atoms with Crippen LogP contribution >= 0.6 is 0 Å². The number of hydrogen-bond donors (Lipinski definition) is 1. The minimum atomic E-state index is -0.147. The molecule has 0 saturated carbocycles. The third-order valence-electron chi connectivity index (χ3n) is 3.47. The summed E-state index contributed by atoms with van der Waals surface area (Å²) in [6, 6.07) is 1.88. The summed E-state index contributed by atoms with van der Waals surface area (Å²) in [7, 11) is 0. The number of carbonyl (C=O) groups is 1. The maximum Gasteiger partial charge on any atom is 0.272 e. The molecule has 1 fully saturated rings. The lowest BCUT2D eigenvalue weighted by Gasteiger charge is -2.42. The Morgan fingerprint density at radius 1 is 1.56 bits per heavy atom. The summed E-state index contributed by atoms with van der Waals surface area (Å²) < 4.78 is 1.79. The van der Waals surface area contributed by atoms with Gasteiger partial charge in [0.15, 0.2) is 0 Å². The highest BCUT2D eigenvalue weighted by atomic mass is 16.2. The van der Waals surface area contributed by atoms with Gasteiger partial charge in [-0.1, -0.05) is 0 Å². The molecule has 1 aromatic rings. The highest BCUT2D eigenvalue weighted by Crippen LogP contribution is 2.20. The molecule has 1 aromatic heterocycles. The molecule has 2 heterocycles. The molecule has 5 heteroatoms. The van der Waals surface area contributed by atoms with Crippen LogP contribution in [0.25, 0.3) is 0 Å². The standard InChI is InChI=1S/C13H22N4O/c1-5-17-11(8-10(2)15-17)12(18)16-7-6-14-9-13(16,3)4/h8,14H,5-7,9H2,1-4H3. The zero-order valence-electron chi connectivity index (χ0n) is 11.7. The first-order valence-electron chi connectivity index (χ1n) is 6.53. The highest BCUT2D eigenvalue weighted by molar-refractivity contribution is 5.93. The van der Waals surface area contributed by atoms with Gasteiger partial charge in [0.05, 0.1) is 11.2 Å². The second-order valence-corrected chi connectivity index (χ2v) is 5.43. The zero-order valence-corrected chi connectivity index (χ0v) is 11.7. The number of rotatable bonds is 2. The molecule has 1 N–H and O–H groups in total. The lowest BCUT2D eigenvalue weighted by Crippen LogP contribution is -2.60. The van der Waals surface area contributed by atoms with E-state index in [1.165, 1.54) is 0 Å². The molecule has 1 saturated heterocycles. The summed E-state index contributed by atoms with van der Waals surface area (Å²) in [5.74, 6) is 0.0870. The third-order valence-corrected chi connectivity index (χ3v) is 3.47. The van der Waals surface area contributed by atoms with Crippen molar-refractivity contribution >= 4 is 5.91 Å². The average Bonchev–Trinajstić information content (AvgIpc) is 2.69. The van der Waals surface area contributed by atoms with Gasteiger partial charge >= 0.3 is 0 Å². The van der Waals surface area contributed by atoms with Gasteiger partial charge in [0.25, 0.3) is 5.91 Å². The fraction of sp³-hybridized carbons (Fsp3) is 0.692. The van der Waals surface area contributed by atoms with E-state index in [1.807, 2.05) is 24.8 Å². The minimum Gasteiger partial charge on any atom is -0.330 e. The van der Waals surface area contributed by atoms with E-state index in [1.54, 1.807) is 4.68 Å². The van der Waals surface area contributed by atoms with Crippen LogP contribution in [0.5, 0.6) is 0 Å². The van der Waals surface area contributed by atoms with Crippen molar-refractivity contribution in [2.75, 3.05) is 19.6 Å². The van der Waals surface area contributed by atoms with Crippen LogP contribution in [-0.4, -0.2) is 45.8 Å². The summed E-state index contributed by atoms with van der Waals surface area (Å²) in [6.45, 7) is 11.3. The van der Waals surface area contributed by atoms with Crippen molar-refractivity contribution in [3.05, 3.63) is 17.5 Å². The molecule has 100 valence electrons. The van der Waals surface area contributed by atoms with E-state index in [0.29, 0.717) is 5.69 Å². The number of aryl methyl sites for hydroxylation is 2. The van der Waals surface area contributed by atoms with Crippen molar-refractivity contribution in [1.82, 2.24) is 20.0 Å². The monoisotopic (exact) mass is 250 g/mol. The molecule has 1 amide bonds. The van der Waals surface area contributed by atoms with Gasteiger partial charge in [0.2, 0.25) is 0 Å². The second kappa shape index (κ2) is 4.72. The molecule has 1 aliphatic heterocycles.